The van der Waals surface area contributed by atoms with Crippen LogP contribution in [0.5, 0.6) is 5.75 Å². The second kappa shape index (κ2) is 4.82. The van der Waals surface area contributed by atoms with Gasteiger partial charge in [0.15, 0.2) is 4.21 Å². The number of hydrogen-bond acceptors (Lipinski definition) is 5. The van der Waals surface area contributed by atoms with Crippen molar-refractivity contribution in [2.75, 3.05) is 4.72 Å². The first-order chi connectivity index (χ1) is 8.79. The number of nitrogens with one attached hydrogen (secondary N) is 1. The Labute approximate surface area is 116 Å². The van der Waals surface area contributed by atoms with Crippen LogP contribution in [0.25, 0.3) is 0 Å². The molecule has 1 aromatic heterocycles. The summed E-state index contributed by atoms with van der Waals surface area (Å²) in [6.07, 6.45) is 1.34. The summed E-state index contributed by atoms with van der Waals surface area (Å²) in [6, 6.07) is 3.14. The zero-order valence-corrected chi connectivity index (χ0v) is 12.4. The van der Waals surface area contributed by atoms with Crippen molar-refractivity contribution in [1.29, 1.82) is 0 Å². The van der Waals surface area contributed by atoms with E-state index in [-0.39, 0.29) is 9.96 Å². The average Bonchev–Trinajstić information content (AvgIpc) is 2.73. The maximum atomic E-state index is 12.2. The molecule has 0 aliphatic heterocycles. The normalized spacial score (nSPS) is 11.5. The lowest BCUT2D eigenvalue weighted by atomic mass is 10.1. The summed E-state index contributed by atoms with van der Waals surface area (Å²) in [7, 11) is -3.62. The number of phenolic OH excluding ortho intramolecular Hbond substituents is 1. The van der Waals surface area contributed by atoms with Gasteiger partial charge in [0.05, 0.1) is 16.9 Å². The molecule has 1 heterocycles. The number of benzene rings is 1. The summed E-state index contributed by atoms with van der Waals surface area (Å²) < 4.78 is 27.0. The highest BCUT2D eigenvalue weighted by Crippen LogP contribution is 2.28. The summed E-state index contributed by atoms with van der Waals surface area (Å²) in [5, 5.41) is 10.3. The predicted molar refractivity (Wildman–Crippen MR) is 75.2 cm³/mol. The molecular formula is C12H14N2O3S2. The molecule has 5 nitrogen and oxygen atoms in total. The third kappa shape index (κ3) is 2.87. The molecule has 0 spiro atoms. The number of sulfonamides is 1. The van der Waals surface area contributed by atoms with Gasteiger partial charge in [-0.25, -0.2) is 13.4 Å². The number of rotatable bonds is 3. The van der Waals surface area contributed by atoms with Crippen LogP contribution in [0, 0.1) is 20.8 Å². The van der Waals surface area contributed by atoms with Gasteiger partial charge in [-0.2, -0.15) is 0 Å². The van der Waals surface area contributed by atoms with Crippen LogP contribution in [0.15, 0.2) is 22.5 Å². The molecule has 102 valence electrons. The number of anilines is 1. The number of nitrogens with zero attached hydrogens (tertiary/aromatic N) is 1. The summed E-state index contributed by atoms with van der Waals surface area (Å²) in [5.74, 6) is 0.147. The Balaban J connectivity index is 2.38. The van der Waals surface area contributed by atoms with E-state index in [0.717, 1.165) is 11.3 Å². The molecule has 2 rings (SSSR count). The van der Waals surface area contributed by atoms with Crippen LogP contribution in [-0.2, 0) is 10.0 Å². The summed E-state index contributed by atoms with van der Waals surface area (Å²) in [4.78, 5) is 3.94. The first-order valence-corrected chi connectivity index (χ1v) is 7.85. The van der Waals surface area contributed by atoms with Gasteiger partial charge in [-0.1, -0.05) is 0 Å². The summed E-state index contributed by atoms with van der Waals surface area (Å²) >= 11 is 1.12. The fraction of sp³-hybridized carbons (Fsp3) is 0.250. The molecule has 1 aromatic carbocycles. The Hall–Kier alpha value is -1.60. The lowest BCUT2D eigenvalue weighted by Gasteiger charge is -2.11. The maximum Gasteiger partial charge on any atom is 0.273 e. The monoisotopic (exact) mass is 298 g/mol. The van der Waals surface area contributed by atoms with Crippen LogP contribution in [0.4, 0.5) is 5.69 Å². The Morgan fingerprint density at radius 2 is 1.89 bits per heavy atom. The third-order valence-corrected chi connectivity index (χ3v) is 5.39. The summed E-state index contributed by atoms with van der Waals surface area (Å²) in [6.45, 7) is 5.19. The lowest BCUT2D eigenvalue weighted by molar-refractivity contribution is 0.471. The molecule has 0 aliphatic rings. The highest BCUT2D eigenvalue weighted by atomic mass is 32.2. The highest BCUT2D eigenvalue weighted by molar-refractivity contribution is 7.94. The number of aryl methyl sites for hydroxylation is 3. The average molecular weight is 298 g/mol. The van der Waals surface area contributed by atoms with Crippen LogP contribution in [0.2, 0.25) is 0 Å². The standard InChI is InChI=1S/C12H14N2O3S2/c1-7-5-11(15)8(2)4-10(7)14-19(16,17)12-6-13-9(3)18-12/h4-6,14-15H,1-3H3. The van der Waals surface area contributed by atoms with Crippen LogP contribution in [-0.4, -0.2) is 18.5 Å². The van der Waals surface area contributed by atoms with E-state index in [0.29, 0.717) is 21.8 Å². The molecule has 0 radical (unpaired) electrons. The minimum atomic E-state index is -3.62. The van der Waals surface area contributed by atoms with Crippen molar-refractivity contribution in [3.8, 4) is 5.75 Å². The van der Waals surface area contributed by atoms with Crippen molar-refractivity contribution >= 4 is 27.0 Å². The Kier molecular flexibility index (Phi) is 3.51. The number of thiazole rings is 1. The van der Waals surface area contributed by atoms with Crippen molar-refractivity contribution in [2.45, 2.75) is 25.0 Å². The van der Waals surface area contributed by atoms with E-state index in [1.165, 1.54) is 12.3 Å². The van der Waals surface area contributed by atoms with E-state index in [9.17, 15) is 13.5 Å². The number of hydrogen-bond donors (Lipinski definition) is 2. The fourth-order valence-electron chi connectivity index (χ4n) is 1.57. The summed E-state index contributed by atoms with van der Waals surface area (Å²) in [5.41, 5.74) is 1.73. The first kappa shape index (κ1) is 13.8. The maximum absolute atomic E-state index is 12.2. The van der Waals surface area contributed by atoms with E-state index in [2.05, 4.69) is 9.71 Å². The Bertz CT molecular complexity index is 721. The lowest BCUT2D eigenvalue weighted by Crippen LogP contribution is -2.12. The molecule has 2 aromatic rings. The van der Waals surface area contributed by atoms with E-state index in [1.54, 1.807) is 26.8 Å². The van der Waals surface area contributed by atoms with Crippen LogP contribution >= 0.6 is 11.3 Å². The number of aromatic nitrogens is 1. The molecular weight excluding hydrogens is 284 g/mol. The van der Waals surface area contributed by atoms with Gasteiger partial charge in [-0.15, -0.1) is 11.3 Å². The largest absolute Gasteiger partial charge is 0.508 e. The van der Waals surface area contributed by atoms with Gasteiger partial charge in [-0.3, -0.25) is 4.72 Å². The first-order valence-electron chi connectivity index (χ1n) is 5.55. The van der Waals surface area contributed by atoms with Gasteiger partial charge >= 0.3 is 0 Å². The second-order valence-corrected chi connectivity index (χ2v) is 7.40. The molecule has 7 heteroatoms. The van der Waals surface area contributed by atoms with Gasteiger partial charge in [0.2, 0.25) is 0 Å². The Morgan fingerprint density at radius 3 is 2.47 bits per heavy atom. The van der Waals surface area contributed by atoms with Crippen molar-refractivity contribution in [2.24, 2.45) is 0 Å². The molecule has 0 atom stereocenters. The predicted octanol–water partition coefficient (Wildman–Crippen LogP) is 2.57. The topological polar surface area (TPSA) is 79.3 Å². The zero-order valence-electron chi connectivity index (χ0n) is 10.8. The van der Waals surface area contributed by atoms with E-state index in [4.69, 9.17) is 0 Å². The zero-order chi connectivity index (χ0) is 14.2. The van der Waals surface area contributed by atoms with Gasteiger partial charge in [-0.05, 0) is 44.0 Å². The molecule has 19 heavy (non-hydrogen) atoms. The Morgan fingerprint density at radius 1 is 1.21 bits per heavy atom. The second-order valence-electron chi connectivity index (χ2n) is 4.26. The highest BCUT2D eigenvalue weighted by Gasteiger charge is 2.18. The van der Waals surface area contributed by atoms with Crippen molar-refractivity contribution < 1.29 is 13.5 Å². The number of aromatic hydroxyl groups is 1. The minimum Gasteiger partial charge on any atom is -0.508 e. The smallest absolute Gasteiger partial charge is 0.273 e. The van der Waals surface area contributed by atoms with E-state index < -0.39 is 10.0 Å². The van der Waals surface area contributed by atoms with Crippen LogP contribution in [0.3, 0.4) is 0 Å². The van der Waals surface area contributed by atoms with Gasteiger partial charge in [0, 0.05) is 0 Å². The van der Waals surface area contributed by atoms with Gasteiger partial charge in [0.1, 0.15) is 5.75 Å². The molecule has 0 amide bonds. The van der Waals surface area contributed by atoms with Crippen LogP contribution in [0.1, 0.15) is 16.1 Å². The van der Waals surface area contributed by atoms with Gasteiger partial charge < -0.3 is 5.11 Å². The molecule has 0 fully saturated rings. The van der Waals surface area contributed by atoms with E-state index >= 15 is 0 Å². The number of phenols is 1. The van der Waals surface area contributed by atoms with Crippen molar-refractivity contribution in [3.05, 3.63) is 34.5 Å². The van der Waals surface area contributed by atoms with Crippen molar-refractivity contribution in [1.82, 2.24) is 4.98 Å². The molecule has 0 aliphatic carbocycles. The van der Waals surface area contributed by atoms with Crippen molar-refractivity contribution in [3.63, 3.8) is 0 Å². The molecule has 0 unspecified atom stereocenters. The minimum absolute atomic E-state index is 0.147. The molecule has 2 N–H and O–H groups in total. The fourth-order valence-corrected chi connectivity index (χ4v) is 3.80. The molecule has 0 saturated heterocycles. The molecule has 0 saturated carbocycles. The van der Waals surface area contributed by atoms with E-state index in [1.807, 2.05) is 0 Å². The third-order valence-electron chi connectivity index (χ3n) is 2.65. The quantitative estimate of drug-likeness (QED) is 0.854. The molecule has 0 bridgehead atoms. The van der Waals surface area contributed by atoms with Crippen LogP contribution < -0.4 is 4.72 Å². The SMILES string of the molecule is Cc1ncc(S(=O)(=O)Nc2cc(C)c(O)cc2C)s1. The van der Waals surface area contributed by atoms with Gasteiger partial charge in [0.25, 0.3) is 10.0 Å².